The summed E-state index contributed by atoms with van der Waals surface area (Å²) in [5, 5.41) is 9.20. The highest BCUT2D eigenvalue weighted by Crippen LogP contribution is 2.16. The number of aliphatic hydroxyl groups excluding tert-OH is 1. The Labute approximate surface area is 115 Å². The predicted molar refractivity (Wildman–Crippen MR) is 76.4 cm³/mol. The van der Waals surface area contributed by atoms with Gasteiger partial charge in [0.2, 0.25) is 0 Å². The zero-order chi connectivity index (χ0) is 13.7. The van der Waals surface area contributed by atoms with E-state index in [2.05, 4.69) is 4.90 Å². The molecule has 3 nitrogen and oxygen atoms in total. The maximum atomic E-state index is 12.1. The minimum absolute atomic E-state index is 0.214. The third kappa shape index (κ3) is 4.15. The third-order valence-electron chi connectivity index (χ3n) is 3.89. The van der Waals surface area contributed by atoms with Crippen LogP contribution in [0.4, 0.5) is 0 Å². The van der Waals surface area contributed by atoms with Gasteiger partial charge in [-0.05, 0) is 32.2 Å². The first-order chi connectivity index (χ1) is 9.19. The van der Waals surface area contributed by atoms with Crippen molar-refractivity contribution in [2.45, 2.75) is 26.2 Å². The van der Waals surface area contributed by atoms with Crippen LogP contribution in [0.1, 0.15) is 35.2 Å². The largest absolute Gasteiger partial charge is 0.396 e. The molecule has 1 atom stereocenters. The molecule has 0 radical (unpaired) electrons. The molecule has 1 N–H and O–H groups in total. The van der Waals surface area contributed by atoms with Crippen LogP contribution < -0.4 is 0 Å². The molecule has 1 fully saturated rings. The number of ketones is 1. The van der Waals surface area contributed by atoms with Crippen LogP contribution in [0.5, 0.6) is 0 Å². The van der Waals surface area contributed by atoms with Crippen LogP contribution in [0.2, 0.25) is 0 Å². The van der Waals surface area contributed by atoms with E-state index in [0.717, 1.165) is 38.0 Å². The number of hydrogen-bond acceptors (Lipinski definition) is 3. The average molecular weight is 261 g/mol. The summed E-state index contributed by atoms with van der Waals surface area (Å²) in [6, 6.07) is 7.78. The van der Waals surface area contributed by atoms with Gasteiger partial charge in [0.1, 0.15) is 0 Å². The van der Waals surface area contributed by atoms with Crippen molar-refractivity contribution in [3.8, 4) is 0 Å². The second-order valence-corrected chi connectivity index (χ2v) is 5.53. The van der Waals surface area contributed by atoms with Crippen molar-refractivity contribution in [3.63, 3.8) is 0 Å². The van der Waals surface area contributed by atoms with Gasteiger partial charge in [-0.15, -0.1) is 0 Å². The number of likely N-dealkylation sites (tertiary alicyclic amines) is 1. The second kappa shape index (κ2) is 6.83. The minimum atomic E-state index is 0.214. The number of aryl methyl sites for hydroxylation is 1. The Morgan fingerprint density at radius 1 is 1.37 bits per heavy atom. The quantitative estimate of drug-likeness (QED) is 0.827. The summed E-state index contributed by atoms with van der Waals surface area (Å²) in [7, 11) is 0. The molecule has 0 aliphatic carbocycles. The third-order valence-corrected chi connectivity index (χ3v) is 3.89. The molecule has 1 unspecified atom stereocenters. The number of carbonyl (C=O) groups excluding carboxylic acids is 1. The van der Waals surface area contributed by atoms with Crippen LogP contribution in [0.3, 0.4) is 0 Å². The molecule has 3 heteroatoms. The maximum Gasteiger partial charge on any atom is 0.164 e. The monoisotopic (exact) mass is 261 g/mol. The fourth-order valence-corrected chi connectivity index (χ4v) is 2.65. The van der Waals surface area contributed by atoms with Gasteiger partial charge in [0.15, 0.2) is 5.78 Å². The highest BCUT2D eigenvalue weighted by Gasteiger charge is 2.19. The van der Waals surface area contributed by atoms with Gasteiger partial charge >= 0.3 is 0 Å². The molecule has 0 amide bonds. The van der Waals surface area contributed by atoms with Crippen LogP contribution in [0, 0.1) is 12.8 Å². The summed E-state index contributed by atoms with van der Waals surface area (Å²) >= 11 is 0. The number of nitrogens with zero attached hydrogens (tertiary/aromatic N) is 1. The Morgan fingerprint density at radius 3 is 2.79 bits per heavy atom. The Morgan fingerprint density at radius 2 is 2.11 bits per heavy atom. The first-order valence-electron chi connectivity index (χ1n) is 7.12. The van der Waals surface area contributed by atoms with Gasteiger partial charge in [-0.3, -0.25) is 4.79 Å². The van der Waals surface area contributed by atoms with Gasteiger partial charge in [0.05, 0.1) is 0 Å². The van der Waals surface area contributed by atoms with E-state index in [-0.39, 0.29) is 12.4 Å². The Balaban J connectivity index is 1.81. The van der Waals surface area contributed by atoms with E-state index in [0.29, 0.717) is 12.3 Å². The normalized spacial score (nSPS) is 20.4. The van der Waals surface area contributed by atoms with Crippen molar-refractivity contribution in [1.82, 2.24) is 4.90 Å². The molecule has 0 aromatic heterocycles. The molecule has 19 heavy (non-hydrogen) atoms. The van der Waals surface area contributed by atoms with Gasteiger partial charge in [-0.2, -0.15) is 0 Å². The van der Waals surface area contributed by atoms with Crippen LogP contribution in [-0.2, 0) is 0 Å². The summed E-state index contributed by atoms with van der Waals surface area (Å²) in [5.41, 5.74) is 1.99. The Kier molecular flexibility index (Phi) is 5.11. The first kappa shape index (κ1) is 14.2. The summed E-state index contributed by atoms with van der Waals surface area (Å²) in [6.07, 6.45) is 2.81. The standard InChI is InChI=1S/C16H23NO2/c1-13-4-6-15(7-5-13)16(19)8-10-17-9-2-3-14(11-17)12-18/h4-7,14,18H,2-3,8-12H2,1H3. The Bertz CT molecular complexity index is 413. The number of piperidine rings is 1. The van der Waals surface area contributed by atoms with Crippen LogP contribution in [0.15, 0.2) is 24.3 Å². The molecule has 1 aliphatic rings. The first-order valence-corrected chi connectivity index (χ1v) is 7.12. The smallest absolute Gasteiger partial charge is 0.164 e. The summed E-state index contributed by atoms with van der Waals surface area (Å²) in [6.45, 7) is 5.08. The number of carbonyl (C=O) groups is 1. The highest BCUT2D eigenvalue weighted by molar-refractivity contribution is 5.96. The van der Waals surface area contributed by atoms with Crippen molar-refractivity contribution < 1.29 is 9.90 Å². The Hall–Kier alpha value is -1.19. The van der Waals surface area contributed by atoms with Crippen LogP contribution >= 0.6 is 0 Å². The van der Waals surface area contributed by atoms with Gasteiger partial charge in [-0.25, -0.2) is 0 Å². The van der Waals surface area contributed by atoms with Crippen LogP contribution in [-0.4, -0.2) is 42.0 Å². The lowest BCUT2D eigenvalue weighted by Gasteiger charge is -2.31. The molecular formula is C16H23NO2. The van der Waals surface area contributed by atoms with Crippen molar-refractivity contribution in [3.05, 3.63) is 35.4 Å². The summed E-state index contributed by atoms with van der Waals surface area (Å²) in [5.74, 6) is 0.606. The zero-order valence-corrected chi connectivity index (χ0v) is 11.6. The number of aliphatic hydroxyl groups is 1. The zero-order valence-electron chi connectivity index (χ0n) is 11.6. The molecule has 0 spiro atoms. The van der Waals surface area contributed by atoms with Crippen molar-refractivity contribution >= 4 is 5.78 Å². The molecule has 0 saturated carbocycles. The van der Waals surface area contributed by atoms with Gasteiger partial charge in [0.25, 0.3) is 0 Å². The minimum Gasteiger partial charge on any atom is -0.396 e. The van der Waals surface area contributed by atoms with Crippen molar-refractivity contribution in [2.24, 2.45) is 5.92 Å². The fourth-order valence-electron chi connectivity index (χ4n) is 2.65. The van der Waals surface area contributed by atoms with E-state index in [1.165, 1.54) is 5.56 Å². The second-order valence-electron chi connectivity index (χ2n) is 5.53. The van der Waals surface area contributed by atoms with E-state index in [1.807, 2.05) is 31.2 Å². The molecule has 1 aromatic rings. The van der Waals surface area contributed by atoms with E-state index < -0.39 is 0 Å². The van der Waals surface area contributed by atoms with E-state index >= 15 is 0 Å². The molecule has 1 heterocycles. The summed E-state index contributed by atoms with van der Waals surface area (Å²) < 4.78 is 0. The number of hydrogen-bond donors (Lipinski definition) is 1. The average Bonchev–Trinajstić information content (AvgIpc) is 2.46. The van der Waals surface area contributed by atoms with Crippen molar-refractivity contribution in [2.75, 3.05) is 26.2 Å². The predicted octanol–water partition coefficient (Wildman–Crippen LogP) is 2.27. The van der Waals surface area contributed by atoms with Crippen molar-refractivity contribution in [1.29, 1.82) is 0 Å². The highest BCUT2D eigenvalue weighted by atomic mass is 16.3. The van der Waals surface area contributed by atoms with E-state index in [9.17, 15) is 9.90 Å². The summed E-state index contributed by atoms with van der Waals surface area (Å²) in [4.78, 5) is 14.4. The van der Waals surface area contributed by atoms with E-state index in [4.69, 9.17) is 0 Å². The van der Waals surface area contributed by atoms with Gasteiger partial charge < -0.3 is 10.0 Å². The topological polar surface area (TPSA) is 40.5 Å². The fraction of sp³-hybridized carbons (Fsp3) is 0.562. The number of Topliss-reactive ketones (excluding diaryl/α,β-unsaturated/α-hetero) is 1. The van der Waals surface area contributed by atoms with E-state index in [1.54, 1.807) is 0 Å². The molecule has 2 rings (SSSR count). The SMILES string of the molecule is Cc1ccc(C(=O)CCN2CCCC(CO)C2)cc1. The maximum absolute atomic E-state index is 12.1. The van der Waals surface area contributed by atoms with Gasteiger partial charge in [-0.1, -0.05) is 29.8 Å². The molecule has 104 valence electrons. The lowest BCUT2D eigenvalue weighted by atomic mass is 9.98. The molecule has 0 bridgehead atoms. The lowest BCUT2D eigenvalue weighted by molar-refractivity contribution is 0.0917. The molecular weight excluding hydrogens is 238 g/mol. The number of rotatable bonds is 5. The lowest BCUT2D eigenvalue weighted by Crippen LogP contribution is -2.37. The van der Waals surface area contributed by atoms with Crippen LogP contribution in [0.25, 0.3) is 0 Å². The molecule has 1 aliphatic heterocycles. The molecule has 1 saturated heterocycles. The van der Waals surface area contributed by atoms with Gasteiger partial charge in [0, 0.05) is 31.7 Å². The number of benzene rings is 1. The molecule has 1 aromatic carbocycles.